The maximum atomic E-state index is 12.1. The van der Waals surface area contributed by atoms with Gasteiger partial charge in [-0.05, 0) is 31.2 Å². The largest absolute Gasteiger partial charge is 0.357 e. The number of aromatic nitrogens is 2. The zero-order valence-corrected chi connectivity index (χ0v) is 14.0. The fourth-order valence-corrected chi connectivity index (χ4v) is 4.30. The van der Waals surface area contributed by atoms with Crippen molar-refractivity contribution in [2.24, 2.45) is 0 Å². The molecule has 1 amide bonds. The quantitative estimate of drug-likeness (QED) is 0.759. The first-order valence-electron chi connectivity index (χ1n) is 6.77. The molecule has 5 nitrogen and oxygen atoms in total. The van der Waals surface area contributed by atoms with Gasteiger partial charge in [-0.2, -0.15) is 0 Å². The van der Waals surface area contributed by atoms with Crippen LogP contribution in [0.4, 0.5) is 5.13 Å². The molecule has 1 atom stereocenters. The summed E-state index contributed by atoms with van der Waals surface area (Å²) in [6.07, 6.45) is 2.42. The third-order valence-electron chi connectivity index (χ3n) is 2.98. The Bertz CT molecular complexity index is 594. The van der Waals surface area contributed by atoms with E-state index in [0.29, 0.717) is 12.6 Å². The first-order chi connectivity index (χ1) is 10.2. The Morgan fingerprint density at radius 1 is 1.52 bits per heavy atom. The summed E-state index contributed by atoms with van der Waals surface area (Å²) in [4.78, 5) is 13.2. The van der Waals surface area contributed by atoms with Crippen LogP contribution in [0.2, 0.25) is 0 Å². The minimum absolute atomic E-state index is 0.0281. The Hall–Kier alpha value is -1.12. The van der Waals surface area contributed by atoms with E-state index in [4.69, 9.17) is 0 Å². The summed E-state index contributed by atoms with van der Waals surface area (Å²) in [5.74, 6) is 0.0281. The van der Waals surface area contributed by atoms with Gasteiger partial charge in [-0.3, -0.25) is 4.79 Å². The lowest BCUT2D eigenvalue weighted by Crippen LogP contribution is -2.30. The van der Waals surface area contributed by atoms with Gasteiger partial charge in [-0.15, -0.1) is 21.5 Å². The number of anilines is 1. The van der Waals surface area contributed by atoms with E-state index < -0.39 is 0 Å². The van der Waals surface area contributed by atoms with E-state index >= 15 is 0 Å². The van der Waals surface area contributed by atoms with Crippen LogP contribution in [0.1, 0.15) is 24.6 Å². The first kappa shape index (κ1) is 14.8. The average molecular weight is 340 g/mol. The van der Waals surface area contributed by atoms with Crippen LogP contribution in [-0.2, 0) is 11.3 Å². The summed E-state index contributed by atoms with van der Waals surface area (Å²) < 4.78 is 0.830. The normalized spacial score (nSPS) is 15.7. The summed E-state index contributed by atoms with van der Waals surface area (Å²) in [7, 11) is 0. The van der Waals surface area contributed by atoms with E-state index in [1.807, 2.05) is 24.4 Å². The standard InChI is InChI=1S/C13H16N4OS3/c1-8(11(18)14-7-10-3-2-6-19-10)20-13-17-16-12(21-13)15-9-4-5-9/h2-3,6,8-9H,4-5,7H2,1H3,(H,14,18)(H,15,16)/t8-/m0/s1. The van der Waals surface area contributed by atoms with E-state index in [-0.39, 0.29) is 11.2 Å². The number of nitrogens with one attached hydrogen (secondary N) is 2. The van der Waals surface area contributed by atoms with Crippen molar-refractivity contribution in [2.45, 2.75) is 41.9 Å². The van der Waals surface area contributed by atoms with Gasteiger partial charge in [0.05, 0.1) is 11.8 Å². The van der Waals surface area contributed by atoms with E-state index in [2.05, 4.69) is 20.8 Å². The van der Waals surface area contributed by atoms with Crippen LogP contribution in [0, 0.1) is 0 Å². The number of carbonyl (C=O) groups is 1. The molecule has 0 radical (unpaired) electrons. The van der Waals surface area contributed by atoms with Crippen molar-refractivity contribution in [2.75, 3.05) is 5.32 Å². The molecule has 1 aliphatic carbocycles. The van der Waals surface area contributed by atoms with Crippen molar-refractivity contribution in [1.82, 2.24) is 15.5 Å². The Morgan fingerprint density at radius 2 is 2.38 bits per heavy atom. The first-order valence-corrected chi connectivity index (χ1v) is 9.35. The number of nitrogens with zero attached hydrogens (tertiary/aromatic N) is 2. The van der Waals surface area contributed by atoms with Gasteiger partial charge < -0.3 is 10.6 Å². The predicted octanol–water partition coefficient (Wildman–Crippen LogP) is 2.97. The summed E-state index contributed by atoms with van der Waals surface area (Å²) in [5, 5.41) is 17.2. The molecule has 0 aromatic carbocycles. The molecule has 3 rings (SSSR count). The Kier molecular flexibility index (Phi) is 4.77. The SMILES string of the molecule is C[C@H](Sc1nnc(NC2CC2)s1)C(=O)NCc1cccs1. The van der Waals surface area contributed by atoms with Crippen molar-refractivity contribution in [3.05, 3.63) is 22.4 Å². The second-order valence-electron chi connectivity index (χ2n) is 4.85. The van der Waals surface area contributed by atoms with Crippen molar-refractivity contribution in [1.29, 1.82) is 0 Å². The highest BCUT2D eigenvalue weighted by Crippen LogP contribution is 2.32. The smallest absolute Gasteiger partial charge is 0.233 e. The van der Waals surface area contributed by atoms with E-state index in [1.165, 1.54) is 35.9 Å². The zero-order valence-electron chi connectivity index (χ0n) is 11.5. The maximum Gasteiger partial charge on any atom is 0.233 e. The molecule has 0 aliphatic heterocycles. The third kappa shape index (κ3) is 4.42. The molecule has 2 N–H and O–H groups in total. The van der Waals surface area contributed by atoms with Crippen molar-refractivity contribution in [3.63, 3.8) is 0 Å². The van der Waals surface area contributed by atoms with Crippen LogP contribution in [0.15, 0.2) is 21.9 Å². The molecule has 1 saturated carbocycles. The highest BCUT2D eigenvalue weighted by molar-refractivity contribution is 8.02. The highest BCUT2D eigenvalue weighted by Gasteiger charge is 2.23. The number of thioether (sulfide) groups is 1. The van der Waals surface area contributed by atoms with Crippen LogP contribution in [0.3, 0.4) is 0 Å². The van der Waals surface area contributed by atoms with Gasteiger partial charge in [-0.1, -0.05) is 29.2 Å². The molecule has 2 heterocycles. The molecule has 2 aromatic rings. The lowest BCUT2D eigenvalue weighted by Gasteiger charge is -2.09. The number of carbonyl (C=O) groups excluding carboxylic acids is 1. The van der Waals surface area contributed by atoms with Gasteiger partial charge in [0, 0.05) is 10.9 Å². The predicted molar refractivity (Wildman–Crippen MR) is 88.0 cm³/mol. The fourth-order valence-electron chi connectivity index (χ4n) is 1.65. The minimum atomic E-state index is -0.174. The summed E-state index contributed by atoms with van der Waals surface area (Å²) >= 11 is 4.61. The maximum absolute atomic E-state index is 12.1. The second-order valence-corrected chi connectivity index (χ2v) is 8.45. The zero-order chi connectivity index (χ0) is 14.7. The van der Waals surface area contributed by atoms with E-state index in [1.54, 1.807) is 11.3 Å². The molecular formula is C13H16N4OS3. The molecule has 0 bridgehead atoms. The number of thiophene rings is 1. The molecule has 0 spiro atoms. The van der Waals surface area contributed by atoms with Gasteiger partial charge in [0.25, 0.3) is 0 Å². The van der Waals surface area contributed by atoms with Gasteiger partial charge >= 0.3 is 0 Å². The summed E-state index contributed by atoms with van der Waals surface area (Å²) in [5.41, 5.74) is 0. The van der Waals surface area contributed by atoms with Gasteiger partial charge in [0.15, 0.2) is 4.34 Å². The van der Waals surface area contributed by atoms with Crippen molar-refractivity contribution < 1.29 is 4.79 Å². The third-order valence-corrected chi connectivity index (χ3v) is 5.89. The number of hydrogen-bond acceptors (Lipinski definition) is 7. The van der Waals surface area contributed by atoms with Crippen LogP contribution >= 0.6 is 34.4 Å². The van der Waals surface area contributed by atoms with E-state index in [0.717, 1.165) is 14.3 Å². The molecule has 1 fully saturated rings. The van der Waals surface area contributed by atoms with Crippen LogP contribution in [0.5, 0.6) is 0 Å². The topological polar surface area (TPSA) is 66.9 Å². The molecule has 21 heavy (non-hydrogen) atoms. The molecular weight excluding hydrogens is 324 g/mol. The van der Waals surface area contributed by atoms with Gasteiger partial charge in [0.2, 0.25) is 11.0 Å². The van der Waals surface area contributed by atoms with Crippen molar-refractivity contribution in [3.8, 4) is 0 Å². The highest BCUT2D eigenvalue weighted by atomic mass is 32.2. The summed E-state index contributed by atoms with van der Waals surface area (Å²) in [6.45, 7) is 2.48. The van der Waals surface area contributed by atoms with Crippen LogP contribution in [-0.4, -0.2) is 27.4 Å². The monoisotopic (exact) mass is 340 g/mol. The molecule has 1 aliphatic rings. The summed E-state index contributed by atoms with van der Waals surface area (Å²) in [6, 6.07) is 4.57. The molecule has 8 heteroatoms. The number of rotatable bonds is 7. The van der Waals surface area contributed by atoms with Gasteiger partial charge in [0.1, 0.15) is 0 Å². The molecule has 2 aromatic heterocycles. The van der Waals surface area contributed by atoms with Gasteiger partial charge in [-0.25, -0.2) is 0 Å². The average Bonchev–Trinajstić information content (AvgIpc) is 2.96. The van der Waals surface area contributed by atoms with E-state index in [9.17, 15) is 4.79 Å². The second kappa shape index (κ2) is 6.76. The Balaban J connectivity index is 1.46. The lowest BCUT2D eigenvalue weighted by atomic mass is 10.4. The van der Waals surface area contributed by atoms with Crippen LogP contribution < -0.4 is 10.6 Å². The fraction of sp³-hybridized carbons (Fsp3) is 0.462. The Labute approximate surface area is 135 Å². The minimum Gasteiger partial charge on any atom is -0.357 e. The number of hydrogen-bond donors (Lipinski definition) is 2. The van der Waals surface area contributed by atoms with Crippen molar-refractivity contribution >= 4 is 45.5 Å². The Morgan fingerprint density at radius 3 is 3.10 bits per heavy atom. The lowest BCUT2D eigenvalue weighted by molar-refractivity contribution is -0.120. The molecule has 0 saturated heterocycles. The molecule has 0 unspecified atom stereocenters. The molecule has 112 valence electrons. The number of amides is 1. The van der Waals surface area contributed by atoms with Crippen LogP contribution in [0.25, 0.3) is 0 Å².